The van der Waals surface area contributed by atoms with E-state index in [9.17, 15) is 4.79 Å². The highest BCUT2D eigenvalue weighted by Gasteiger charge is 2.04. The van der Waals surface area contributed by atoms with E-state index in [0.29, 0.717) is 5.56 Å². The molecule has 0 radical (unpaired) electrons. The molecule has 1 N–H and O–H groups in total. The molecule has 0 saturated carbocycles. The number of hydrogen-bond acceptors (Lipinski definition) is 3. The van der Waals surface area contributed by atoms with Crippen molar-refractivity contribution in [1.82, 2.24) is 4.98 Å². The predicted octanol–water partition coefficient (Wildman–Crippen LogP) is 2.82. The molecule has 2 aromatic rings. The summed E-state index contributed by atoms with van der Waals surface area (Å²) in [5, 5.41) is 9.75. The molecule has 2 rings (SSSR count). The van der Waals surface area contributed by atoms with E-state index < -0.39 is 5.97 Å². The van der Waals surface area contributed by atoms with Gasteiger partial charge in [-0.3, -0.25) is 0 Å². The van der Waals surface area contributed by atoms with Gasteiger partial charge < -0.3 is 5.11 Å². The number of rotatable bonds is 2. The van der Waals surface area contributed by atoms with E-state index >= 15 is 0 Å². The zero-order valence-corrected chi connectivity index (χ0v) is 8.91. The van der Waals surface area contributed by atoms with Crippen molar-refractivity contribution in [2.45, 2.75) is 6.92 Å². The number of benzene rings is 1. The molecule has 0 saturated heterocycles. The first kappa shape index (κ1) is 9.86. The minimum atomic E-state index is -0.901. The van der Waals surface area contributed by atoms with Crippen LogP contribution in [0.4, 0.5) is 0 Å². The maximum atomic E-state index is 10.6. The van der Waals surface area contributed by atoms with Crippen LogP contribution in [0.1, 0.15) is 15.4 Å². The summed E-state index contributed by atoms with van der Waals surface area (Å²) in [6.07, 6.45) is 1.80. The molecular weight excluding hydrogens is 210 g/mol. The predicted molar refractivity (Wildman–Crippen MR) is 59.2 cm³/mol. The zero-order chi connectivity index (χ0) is 10.8. The topological polar surface area (TPSA) is 50.2 Å². The van der Waals surface area contributed by atoms with Crippen LogP contribution in [0.2, 0.25) is 0 Å². The normalized spacial score (nSPS) is 10.2. The van der Waals surface area contributed by atoms with Crippen LogP contribution in [0.15, 0.2) is 30.5 Å². The number of carboxylic acids is 1. The third kappa shape index (κ3) is 2.05. The lowest BCUT2D eigenvalue weighted by atomic mass is 10.1. The molecule has 15 heavy (non-hydrogen) atoms. The molecule has 76 valence electrons. The lowest BCUT2D eigenvalue weighted by molar-refractivity contribution is 0.0697. The first-order chi connectivity index (χ1) is 7.16. The van der Waals surface area contributed by atoms with Crippen molar-refractivity contribution in [3.05, 3.63) is 41.0 Å². The second kappa shape index (κ2) is 3.82. The number of aromatic carboxylic acids is 1. The average Bonchev–Trinajstić information content (AvgIpc) is 2.65. The summed E-state index contributed by atoms with van der Waals surface area (Å²) in [5.41, 5.74) is 1.31. The van der Waals surface area contributed by atoms with Gasteiger partial charge in [-0.15, -0.1) is 11.3 Å². The molecular formula is C11H9NO2S. The monoisotopic (exact) mass is 219 g/mol. The largest absolute Gasteiger partial charge is 0.478 e. The minimum absolute atomic E-state index is 0.306. The summed E-state index contributed by atoms with van der Waals surface area (Å²) in [6.45, 7) is 1.94. The van der Waals surface area contributed by atoms with Crippen LogP contribution >= 0.6 is 11.3 Å². The Kier molecular flexibility index (Phi) is 2.51. The van der Waals surface area contributed by atoms with Gasteiger partial charge in [0.05, 0.1) is 15.4 Å². The molecule has 0 aliphatic carbocycles. The molecule has 0 aliphatic heterocycles. The second-order valence-corrected chi connectivity index (χ2v) is 4.36. The molecule has 1 aromatic carbocycles. The molecule has 0 unspecified atom stereocenters. The highest BCUT2D eigenvalue weighted by molar-refractivity contribution is 7.15. The Bertz CT molecular complexity index is 488. The Morgan fingerprint density at radius 2 is 2.00 bits per heavy atom. The van der Waals surface area contributed by atoms with Gasteiger partial charge in [-0.1, -0.05) is 12.1 Å². The third-order valence-corrected chi connectivity index (χ3v) is 3.00. The first-order valence-electron chi connectivity index (χ1n) is 4.43. The molecule has 1 aromatic heterocycles. The first-order valence-corrected chi connectivity index (χ1v) is 5.24. The molecule has 1 heterocycles. The summed E-state index contributed by atoms with van der Waals surface area (Å²) >= 11 is 1.60. The fraction of sp³-hybridized carbons (Fsp3) is 0.0909. The Morgan fingerprint density at radius 1 is 1.33 bits per heavy atom. The van der Waals surface area contributed by atoms with Gasteiger partial charge in [-0.05, 0) is 24.6 Å². The zero-order valence-electron chi connectivity index (χ0n) is 8.10. The number of carbonyl (C=O) groups is 1. The van der Waals surface area contributed by atoms with Gasteiger partial charge in [-0.25, -0.2) is 9.78 Å². The van der Waals surface area contributed by atoms with Crippen LogP contribution in [-0.2, 0) is 0 Å². The molecule has 0 amide bonds. The molecule has 0 atom stereocenters. The maximum absolute atomic E-state index is 10.6. The van der Waals surface area contributed by atoms with Gasteiger partial charge in [0.15, 0.2) is 0 Å². The second-order valence-electron chi connectivity index (χ2n) is 3.13. The molecule has 4 heteroatoms. The van der Waals surface area contributed by atoms with Crippen molar-refractivity contribution in [3.8, 4) is 10.4 Å². The van der Waals surface area contributed by atoms with E-state index in [-0.39, 0.29) is 0 Å². The fourth-order valence-corrected chi connectivity index (χ4v) is 2.05. The van der Waals surface area contributed by atoms with Gasteiger partial charge in [0, 0.05) is 6.20 Å². The van der Waals surface area contributed by atoms with Gasteiger partial charge in [0.1, 0.15) is 0 Å². The summed E-state index contributed by atoms with van der Waals surface area (Å²) in [4.78, 5) is 15.9. The Balaban J connectivity index is 2.35. The van der Waals surface area contributed by atoms with Crippen LogP contribution in [0.25, 0.3) is 10.4 Å². The highest BCUT2D eigenvalue weighted by atomic mass is 32.1. The lowest BCUT2D eigenvalue weighted by Crippen LogP contribution is -1.94. The molecule has 0 aliphatic rings. The SMILES string of the molecule is Cc1ncc(-c2ccc(C(=O)O)cc2)s1. The van der Waals surface area contributed by atoms with Gasteiger partial charge >= 0.3 is 5.97 Å². The summed E-state index contributed by atoms with van der Waals surface area (Å²) < 4.78 is 0. The quantitative estimate of drug-likeness (QED) is 0.844. The summed E-state index contributed by atoms with van der Waals surface area (Å²) in [7, 11) is 0. The number of aromatic nitrogens is 1. The van der Waals surface area contributed by atoms with Gasteiger partial charge in [0.2, 0.25) is 0 Å². The molecule has 0 bridgehead atoms. The van der Waals surface area contributed by atoms with Crippen molar-refractivity contribution in [1.29, 1.82) is 0 Å². The van der Waals surface area contributed by atoms with Gasteiger partial charge in [-0.2, -0.15) is 0 Å². The van der Waals surface area contributed by atoms with Crippen LogP contribution < -0.4 is 0 Å². The number of thiazole rings is 1. The van der Waals surface area contributed by atoms with E-state index in [1.54, 1.807) is 41.8 Å². The van der Waals surface area contributed by atoms with Crippen molar-refractivity contribution in [3.63, 3.8) is 0 Å². The van der Waals surface area contributed by atoms with E-state index in [1.807, 2.05) is 6.92 Å². The smallest absolute Gasteiger partial charge is 0.335 e. The van der Waals surface area contributed by atoms with Crippen molar-refractivity contribution < 1.29 is 9.90 Å². The van der Waals surface area contributed by atoms with E-state index in [1.165, 1.54) is 0 Å². The highest BCUT2D eigenvalue weighted by Crippen LogP contribution is 2.25. The number of hydrogen-bond donors (Lipinski definition) is 1. The minimum Gasteiger partial charge on any atom is -0.478 e. The van der Waals surface area contributed by atoms with E-state index in [0.717, 1.165) is 15.4 Å². The molecule has 0 fully saturated rings. The summed E-state index contributed by atoms with van der Waals surface area (Å²) in [6, 6.07) is 6.81. The van der Waals surface area contributed by atoms with E-state index in [4.69, 9.17) is 5.11 Å². The van der Waals surface area contributed by atoms with Crippen LogP contribution in [0.5, 0.6) is 0 Å². The maximum Gasteiger partial charge on any atom is 0.335 e. The Labute approximate surface area is 91.0 Å². The van der Waals surface area contributed by atoms with Gasteiger partial charge in [0.25, 0.3) is 0 Å². The standard InChI is InChI=1S/C11H9NO2S/c1-7-12-6-10(15-7)8-2-4-9(5-3-8)11(13)14/h2-6H,1H3,(H,13,14). The molecule has 3 nitrogen and oxygen atoms in total. The van der Waals surface area contributed by atoms with E-state index in [2.05, 4.69) is 4.98 Å². The fourth-order valence-electron chi connectivity index (χ4n) is 1.27. The molecule has 0 spiro atoms. The number of carboxylic acid groups (broad SMARTS) is 1. The lowest BCUT2D eigenvalue weighted by Gasteiger charge is -1.97. The van der Waals surface area contributed by atoms with Crippen LogP contribution in [0.3, 0.4) is 0 Å². The Hall–Kier alpha value is -1.68. The van der Waals surface area contributed by atoms with Crippen LogP contribution in [0, 0.1) is 6.92 Å². The van der Waals surface area contributed by atoms with Crippen molar-refractivity contribution in [2.24, 2.45) is 0 Å². The number of nitrogens with zero attached hydrogens (tertiary/aromatic N) is 1. The Morgan fingerprint density at radius 3 is 2.47 bits per heavy atom. The third-order valence-electron chi connectivity index (χ3n) is 2.04. The number of aryl methyl sites for hydroxylation is 1. The van der Waals surface area contributed by atoms with Crippen LogP contribution in [-0.4, -0.2) is 16.1 Å². The van der Waals surface area contributed by atoms with Crippen molar-refractivity contribution >= 4 is 17.3 Å². The van der Waals surface area contributed by atoms with Crippen molar-refractivity contribution in [2.75, 3.05) is 0 Å². The average molecular weight is 219 g/mol. The summed E-state index contributed by atoms with van der Waals surface area (Å²) in [5.74, 6) is -0.901.